The van der Waals surface area contributed by atoms with Crippen molar-refractivity contribution in [3.63, 3.8) is 0 Å². The van der Waals surface area contributed by atoms with Gasteiger partial charge in [0.15, 0.2) is 0 Å². The highest BCUT2D eigenvalue weighted by atomic mass is 16.4. The van der Waals surface area contributed by atoms with E-state index in [1.165, 1.54) is 0 Å². The number of benzene rings is 1. The predicted octanol–water partition coefficient (Wildman–Crippen LogP) is 1.17. The predicted molar refractivity (Wildman–Crippen MR) is 73.0 cm³/mol. The fourth-order valence-corrected chi connectivity index (χ4v) is 1.76. The largest absolute Gasteiger partial charge is 0.478 e. The van der Waals surface area contributed by atoms with E-state index in [1.54, 1.807) is 18.2 Å². The first-order chi connectivity index (χ1) is 9.04. The topological polar surface area (TPSA) is 92.4 Å². The van der Waals surface area contributed by atoms with E-state index in [-0.39, 0.29) is 11.5 Å². The Labute approximate surface area is 112 Å². The third-order valence-corrected chi connectivity index (χ3v) is 2.82. The summed E-state index contributed by atoms with van der Waals surface area (Å²) in [6.07, 6.45) is 2.13. The Kier molecular flexibility index (Phi) is 6.02. The summed E-state index contributed by atoms with van der Waals surface area (Å²) in [7, 11) is 0. The molecule has 19 heavy (non-hydrogen) atoms. The second kappa shape index (κ2) is 7.53. The molecule has 0 aliphatic rings. The lowest BCUT2D eigenvalue weighted by Gasteiger charge is -2.11. The van der Waals surface area contributed by atoms with Crippen LogP contribution in [0.15, 0.2) is 24.3 Å². The zero-order valence-corrected chi connectivity index (χ0v) is 11.1. The van der Waals surface area contributed by atoms with Crippen molar-refractivity contribution in [1.29, 1.82) is 0 Å². The molecule has 5 nitrogen and oxygen atoms in total. The molecule has 0 saturated carbocycles. The highest BCUT2D eigenvalue weighted by molar-refractivity contribution is 5.87. The van der Waals surface area contributed by atoms with E-state index >= 15 is 0 Å². The summed E-state index contributed by atoms with van der Waals surface area (Å²) in [6.45, 7) is 2.43. The van der Waals surface area contributed by atoms with E-state index in [1.807, 2.05) is 13.0 Å². The average molecular weight is 264 g/mol. The standard InChI is InChI=1S/C14H20N2O3/c1-2-4-12(15)13(17)16-8-7-10-5-3-6-11(9-10)14(18)19/h3,5-6,9,12H,2,4,7-8,15H2,1H3,(H,16,17)(H,18,19)/t12-/m1/s1. The van der Waals surface area contributed by atoms with Crippen molar-refractivity contribution < 1.29 is 14.7 Å². The Morgan fingerprint density at radius 3 is 2.79 bits per heavy atom. The normalized spacial score (nSPS) is 11.9. The number of amides is 1. The van der Waals surface area contributed by atoms with Crippen LogP contribution in [0.5, 0.6) is 0 Å². The average Bonchev–Trinajstić information content (AvgIpc) is 2.39. The molecule has 0 fully saturated rings. The van der Waals surface area contributed by atoms with Crippen molar-refractivity contribution in [3.8, 4) is 0 Å². The quantitative estimate of drug-likeness (QED) is 0.689. The summed E-state index contributed by atoms with van der Waals surface area (Å²) in [4.78, 5) is 22.4. The second-order valence-electron chi connectivity index (χ2n) is 4.44. The second-order valence-corrected chi connectivity index (χ2v) is 4.44. The molecule has 5 heteroatoms. The molecular weight excluding hydrogens is 244 g/mol. The first-order valence-electron chi connectivity index (χ1n) is 6.40. The summed E-state index contributed by atoms with van der Waals surface area (Å²) in [5.74, 6) is -1.10. The molecule has 1 aromatic rings. The Balaban J connectivity index is 2.43. The fraction of sp³-hybridized carbons (Fsp3) is 0.429. The van der Waals surface area contributed by atoms with Gasteiger partial charge in [-0.1, -0.05) is 25.5 Å². The number of carbonyl (C=O) groups excluding carboxylic acids is 1. The third kappa shape index (κ3) is 5.09. The van der Waals surface area contributed by atoms with E-state index in [2.05, 4.69) is 5.32 Å². The smallest absolute Gasteiger partial charge is 0.335 e. The van der Waals surface area contributed by atoms with Crippen molar-refractivity contribution in [3.05, 3.63) is 35.4 Å². The summed E-state index contributed by atoms with van der Waals surface area (Å²) >= 11 is 0. The molecule has 104 valence electrons. The monoisotopic (exact) mass is 264 g/mol. The Hall–Kier alpha value is -1.88. The Bertz CT molecular complexity index is 446. The maximum Gasteiger partial charge on any atom is 0.335 e. The molecule has 1 amide bonds. The number of hydrogen-bond acceptors (Lipinski definition) is 3. The minimum Gasteiger partial charge on any atom is -0.478 e. The summed E-state index contributed by atoms with van der Waals surface area (Å²) < 4.78 is 0. The Morgan fingerprint density at radius 2 is 2.16 bits per heavy atom. The maximum atomic E-state index is 11.6. The van der Waals surface area contributed by atoms with E-state index in [0.717, 1.165) is 12.0 Å². The van der Waals surface area contributed by atoms with E-state index in [9.17, 15) is 9.59 Å². The maximum absolute atomic E-state index is 11.6. The van der Waals surface area contributed by atoms with Crippen LogP contribution in [0.25, 0.3) is 0 Å². The molecule has 0 aliphatic carbocycles. The lowest BCUT2D eigenvalue weighted by atomic mass is 10.1. The van der Waals surface area contributed by atoms with E-state index in [0.29, 0.717) is 19.4 Å². The van der Waals surface area contributed by atoms with Gasteiger partial charge in [0.25, 0.3) is 0 Å². The van der Waals surface area contributed by atoms with Crippen LogP contribution in [-0.4, -0.2) is 29.6 Å². The molecule has 0 bridgehead atoms. The zero-order valence-electron chi connectivity index (χ0n) is 11.1. The van der Waals surface area contributed by atoms with E-state index < -0.39 is 12.0 Å². The minimum atomic E-state index is -0.948. The third-order valence-electron chi connectivity index (χ3n) is 2.82. The molecule has 1 rings (SSSR count). The number of carbonyl (C=O) groups is 2. The SMILES string of the molecule is CCC[C@@H](N)C(=O)NCCc1cccc(C(=O)O)c1. The van der Waals surface area contributed by atoms with Crippen LogP contribution in [0, 0.1) is 0 Å². The number of rotatable bonds is 7. The van der Waals surface area contributed by atoms with Crippen LogP contribution in [0.2, 0.25) is 0 Å². The first kappa shape index (κ1) is 15.2. The van der Waals surface area contributed by atoms with Crippen molar-refractivity contribution in [2.75, 3.05) is 6.54 Å². The van der Waals surface area contributed by atoms with Crippen LogP contribution >= 0.6 is 0 Å². The molecule has 0 spiro atoms. The summed E-state index contributed by atoms with van der Waals surface area (Å²) in [5, 5.41) is 11.6. The van der Waals surface area contributed by atoms with Crippen LogP contribution in [0.1, 0.15) is 35.7 Å². The van der Waals surface area contributed by atoms with Gasteiger partial charge in [-0.3, -0.25) is 4.79 Å². The van der Waals surface area contributed by atoms with Gasteiger partial charge in [-0.2, -0.15) is 0 Å². The highest BCUT2D eigenvalue weighted by Crippen LogP contribution is 2.05. The molecule has 0 heterocycles. The number of nitrogens with one attached hydrogen (secondary N) is 1. The number of aromatic carboxylic acids is 1. The van der Waals surface area contributed by atoms with Crippen LogP contribution in [0.3, 0.4) is 0 Å². The van der Waals surface area contributed by atoms with Crippen LogP contribution in [-0.2, 0) is 11.2 Å². The lowest BCUT2D eigenvalue weighted by Crippen LogP contribution is -2.41. The van der Waals surface area contributed by atoms with Crippen molar-refractivity contribution in [2.24, 2.45) is 5.73 Å². The number of carboxylic acids is 1. The van der Waals surface area contributed by atoms with Crippen molar-refractivity contribution >= 4 is 11.9 Å². The number of hydrogen-bond donors (Lipinski definition) is 3. The van der Waals surface area contributed by atoms with Gasteiger partial charge < -0.3 is 16.2 Å². The molecule has 0 unspecified atom stereocenters. The highest BCUT2D eigenvalue weighted by Gasteiger charge is 2.11. The van der Waals surface area contributed by atoms with Gasteiger partial charge in [0, 0.05) is 6.54 Å². The molecule has 1 atom stereocenters. The molecular formula is C14H20N2O3. The van der Waals surface area contributed by atoms with Gasteiger partial charge in [-0.05, 0) is 30.5 Å². The number of carboxylic acid groups (broad SMARTS) is 1. The molecule has 0 aromatic heterocycles. The lowest BCUT2D eigenvalue weighted by molar-refractivity contribution is -0.122. The van der Waals surface area contributed by atoms with Crippen molar-refractivity contribution in [1.82, 2.24) is 5.32 Å². The van der Waals surface area contributed by atoms with Gasteiger partial charge in [-0.15, -0.1) is 0 Å². The summed E-state index contributed by atoms with van der Waals surface area (Å²) in [6, 6.07) is 6.23. The van der Waals surface area contributed by atoms with Gasteiger partial charge in [0.2, 0.25) is 5.91 Å². The van der Waals surface area contributed by atoms with Crippen molar-refractivity contribution in [2.45, 2.75) is 32.2 Å². The minimum absolute atomic E-state index is 0.156. The summed E-state index contributed by atoms with van der Waals surface area (Å²) in [5.41, 5.74) is 6.82. The van der Waals surface area contributed by atoms with Crippen LogP contribution < -0.4 is 11.1 Å². The number of nitrogens with two attached hydrogens (primary N) is 1. The zero-order chi connectivity index (χ0) is 14.3. The molecule has 1 aromatic carbocycles. The van der Waals surface area contributed by atoms with Gasteiger partial charge in [0.05, 0.1) is 11.6 Å². The molecule has 0 aliphatic heterocycles. The fourth-order valence-electron chi connectivity index (χ4n) is 1.76. The van der Waals surface area contributed by atoms with E-state index in [4.69, 9.17) is 10.8 Å². The van der Waals surface area contributed by atoms with Gasteiger partial charge in [0.1, 0.15) is 0 Å². The van der Waals surface area contributed by atoms with Crippen LogP contribution in [0.4, 0.5) is 0 Å². The molecule has 0 saturated heterocycles. The first-order valence-corrected chi connectivity index (χ1v) is 6.40. The van der Waals surface area contributed by atoms with Gasteiger partial charge in [-0.25, -0.2) is 4.79 Å². The molecule has 4 N–H and O–H groups in total. The molecule has 0 radical (unpaired) electrons. The Morgan fingerprint density at radius 1 is 1.42 bits per heavy atom. The van der Waals surface area contributed by atoms with Gasteiger partial charge >= 0.3 is 5.97 Å².